The van der Waals surface area contributed by atoms with Gasteiger partial charge < -0.3 is 10.1 Å². The summed E-state index contributed by atoms with van der Waals surface area (Å²) in [5, 5.41) is 2.62. The Morgan fingerprint density at radius 3 is 2.56 bits per heavy atom. The fourth-order valence-corrected chi connectivity index (χ4v) is 1.22. The lowest BCUT2D eigenvalue weighted by atomic mass is 10.1. The first-order valence-electron chi connectivity index (χ1n) is 5.27. The second-order valence-corrected chi connectivity index (χ2v) is 3.76. The number of benzene rings is 1. The molecule has 0 aliphatic rings. The molecule has 0 heterocycles. The largest absolute Gasteiger partial charge is 0.447 e. The molecule has 0 saturated heterocycles. The van der Waals surface area contributed by atoms with Crippen LogP contribution in [0.25, 0.3) is 0 Å². The lowest BCUT2D eigenvalue weighted by Gasteiger charge is -2.09. The number of ether oxygens (including phenoxy) is 1. The Labute approximate surface area is 94.6 Å². The zero-order chi connectivity index (χ0) is 12.0. The summed E-state index contributed by atoms with van der Waals surface area (Å²) in [5.41, 5.74) is 0.978. The van der Waals surface area contributed by atoms with Crippen LogP contribution >= 0.6 is 0 Å². The molecule has 0 aromatic heterocycles. The molecule has 0 radical (unpaired) electrons. The molecule has 3 nitrogen and oxygen atoms in total. The Kier molecular flexibility index (Phi) is 4.76. The zero-order valence-electron chi connectivity index (χ0n) is 9.50. The maximum absolute atomic E-state index is 12.6. The molecule has 4 heteroatoms. The topological polar surface area (TPSA) is 38.3 Å². The Hall–Kier alpha value is -1.58. The second kappa shape index (κ2) is 6.10. The van der Waals surface area contributed by atoms with Crippen LogP contribution in [0.2, 0.25) is 0 Å². The van der Waals surface area contributed by atoms with E-state index in [9.17, 15) is 9.18 Å². The van der Waals surface area contributed by atoms with Crippen LogP contribution in [0.5, 0.6) is 0 Å². The van der Waals surface area contributed by atoms with Gasteiger partial charge in [0.1, 0.15) is 5.82 Å². The van der Waals surface area contributed by atoms with Crippen molar-refractivity contribution in [2.75, 3.05) is 6.54 Å². The number of amides is 1. The molecule has 0 atom stereocenters. The third kappa shape index (κ3) is 4.77. The van der Waals surface area contributed by atoms with Gasteiger partial charge >= 0.3 is 6.09 Å². The van der Waals surface area contributed by atoms with Crippen molar-refractivity contribution in [1.82, 2.24) is 5.32 Å². The van der Waals surface area contributed by atoms with Gasteiger partial charge in [-0.05, 0) is 38.0 Å². The van der Waals surface area contributed by atoms with E-state index in [1.54, 1.807) is 26.0 Å². The summed E-state index contributed by atoms with van der Waals surface area (Å²) in [6.07, 6.45) is 0.121. The van der Waals surface area contributed by atoms with Crippen LogP contribution in [0.15, 0.2) is 24.3 Å². The normalized spacial score (nSPS) is 10.2. The Morgan fingerprint density at radius 2 is 2.00 bits per heavy atom. The van der Waals surface area contributed by atoms with Crippen LogP contribution in [0, 0.1) is 5.82 Å². The first-order valence-corrected chi connectivity index (χ1v) is 5.27. The molecular weight excluding hydrogens is 209 g/mol. The van der Waals surface area contributed by atoms with Crippen LogP contribution < -0.4 is 5.32 Å². The Balaban J connectivity index is 2.25. The number of nitrogens with one attached hydrogen (secondary N) is 1. The van der Waals surface area contributed by atoms with Gasteiger partial charge in [-0.2, -0.15) is 0 Å². The molecule has 1 aromatic rings. The van der Waals surface area contributed by atoms with E-state index in [-0.39, 0.29) is 11.9 Å². The van der Waals surface area contributed by atoms with Crippen molar-refractivity contribution in [2.45, 2.75) is 26.4 Å². The summed E-state index contributed by atoms with van der Waals surface area (Å²) in [5.74, 6) is -0.254. The van der Waals surface area contributed by atoms with Gasteiger partial charge in [0.15, 0.2) is 0 Å². The van der Waals surface area contributed by atoms with Crippen molar-refractivity contribution in [3.8, 4) is 0 Å². The molecule has 0 saturated carbocycles. The summed E-state index contributed by atoms with van der Waals surface area (Å²) in [7, 11) is 0. The summed E-state index contributed by atoms with van der Waals surface area (Å²) >= 11 is 0. The van der Waals surface area contributed by atoms with Crippen molar-refractivity contribution >= 4 is 6.09 Å². The van der Waals surface area contributed by atoms with E-state index < -0.39 is 6.09 Å². The van der Waals surface area contributed by atoms with Gasteiger partial charge in [0.2, 0.25) is 0 Å². The summed E-state index contributed by atoms with van der Waals surface area (Å²) < 4.78 is 17.5. The first-order chi connectivity index (χ1) is 7.58. The quantitative estimate of drug-likeness (QED) is 0.855. The third-order valence-electron chi connectivity index (χ3n) is 1.94. The van der Waals surface area contributed by atoms with E-state index in [4.69, 9.17) is 4.74 Å². The van der Waals surface area contributed by atoms with E-state index >= 15 is 0 Å². The number of hydrogen-bond acceptors (Lipinski definition) is 2. The van der Waals surface area contributed by atoms with Crippen molar-refractivity contribution < 1.29 is 13.9 Å². The minimum absolute atomic E-state index is 0.120. The van der Waals surface area contributed by atoms with E-state index in [0.717, 1.165) is 5.56 Å². The fourth-order valence-electron chi connectivity index (χ4n) is 1.22. The Bertz CT molecular complexity index is 335. The molecular formula is C12H16FNO2. The molecule has 0 aliphatic carbocycles. The number of carbonyl (C=O) groups is 1. The molecule has 0 fully saturated rings. The van der Waals surface area contributed by atoms with Gasteiger partial charge in [0, 0.05) is 6.54 Å². The number of carbonyl (C=O) groups excluding carboxylic acids is 1. The van der Waals surface area contributed by atoms with Gasteiger partial charge in [-0.15, -0.1) is 0 Å². The lowest BCUT2D eigenvalue weighted by Crippen LogP contribution is -2.28. The molecule has 16 heavy (non-hydrogen) atoms. The molecule has 1 amide bonds. The number of halogens is 1. The highest BCUT2D eigenvalue weighted by molar-refractivity contribution is 5.67. The number of hydrogen-bond donors (Lipinski definition) is 1. The highest BCUT2D eigenvalue weighted by atomic mass is 19.1. The predicted molar refractivity (Wildman–Crippen MR) is 59.7 cm³/mol. The lowest BCUT2D eigenvalue weighted by molar-refractivity contribution is 0.116. The minimum atomic E-state index is -0.419. The van der Waals surface area contributed by atoms with Crippen molar-refractivity contribution in [3.63, 3.8) is 0 Å². The van der Waals surface area contributed by atoms with E-state index in [1.807, 2.05) is 0 Å². The summed E-state index contributed by atoms with van der Waals surface area (Å²) in [6, 6.07) is 6.21. The first kappa shape index (κ1) is 12.5. The molecule has 0 spiro atoms. The van der Waals surface area contributed by atoms with Gasteiger partial charge in [0.25, 0.3) is 0 Å². The van der Waals surface area contributed by atoms with Gasteiger partial charge in [-0.1, -0.05) is 12.1 Å². The molecule has 0 aliphatic heterocycles. The van der Waals surface area contributed by atoms with Crippen LogP contribution in [-0.2, 0) is 11.2 Å². The SMILES string of the molecule is CC(C)OC(=O)NCCc1ccc(F)cc1. The smallest absolute Gasteiger partial charge is 0.407 e. The molecule has 0 bridgehead atoms. The number of rotatable bonds is 4. The highest BCUT2D eigenvalue weighted by Crippen LogP contribution is 2.02. The monoisotopic (exact) mass is 225 g/mol. The highest BCUT2D eigenvalue weighted by Gasteiger charge is 2.03. The minimum Gasteiger partial charge on any atom is -0.447 e. The van der Waals surface area contributed by atoms with Crippen molar-refractivity contribution in [2.24, 2.45) is 0 Å². The van der Waals surface area contributed by atoms with E-state index in [1.165, 1.54) is 12.1 Å². The summed E-state index contributed by atoms with van der Waals surface area (Å²) in [4.78, 5) is 11.1. The molecule has 1 N–H and O–H groups in total. The molecule has 0 unspecified atom stereocenters. The van der Waals surface area contributed by atoms with E-state index in [2.05, 4.69) is 5.32 Å². The van der Waals surface area contributed by atoms with Crippen LogP contribution in [0.3, 0.4) is 0 Å². The van der Waals surface area contributed by atoms with Crippen molar-refractivity contribution in [1.29, 1.82) is 0 Å². The van der Waals surface area contributed by atoms with Crippen molar-refractivity contribution in [3.05, 3.63) is 35.6 Å². The third-order valence-corrected chi connectivity index (χ3v) is 1.94. The van der Waals surface area contributed by atoms with Gasteiger partial charge in [-0.3, -0.25) is 0 Å². The predicted octanol–water partition coefficient (Wildman–Crippen LogP) is 2.50. The van der Waals surface area contributed by atoms with E-state index in [0.29, 0.717) is 13.0 Å². The average molecular weight is 225 g/mol. The van der Waals surface area contributed by atoms with Gasteiger partial charge in [0.05, 0.1) is 6.10 Å². The van der Waals surface area contributed by atoms with Crippen LogP contribution in [0.4, 0.5) is 9.18 Å². The molecule has 88 valence electrons. The maximum Gasteiger partial charge on any atom is 0.407 e. The molecule has 1 aromatic carbocycles. The van der Waals surface area contributed by atoms with Gasteiger partial charge in [-0.25, -0.2) is 9.18 Å². The summed E-state index contributed by atoms with van der Waals surface area (Å²) in [6.45, 7) is 4.07. The van der Waals surface area contributed by atoms with Crippen LogP contribution in [0.1, 0.15) is 19.4 Å². The van der Waals surface area contributed by atoms with Crippen LogP contribution in [-0.4, -0.2) is 18.7 Å². The zero-order valence-corrected chi connectivity index (χ0v) is 9.50. The fraction of sp³-hybridized carbons (Fsp3) is 0.417. The Morgan fingerprint density at radius 1 is 1.38 bits per heavy atom. The number of alkyl carbamates (subject to hydrolysis) is 1. The maximum atomic E-state index is 12.6. The second-order valence-electron chi connectivity index (χ2n) is 3.76. The average Bonchev–Trinajstić information content (AvgIpc) is 2.20. The standard InChI is InChI=1S/C12H16FNO2/c1-9(2)16-12(15)14-8-7-10-3-5-11(13)6-4-10/h3-6,9H,7-8H2,1-2H3,(H,14,15). The molecule has 1 rings (SSSR count).